The first kappa shape index (κ1) is 17.4. The van der Waals surface area contributed by atoms with Crippen LogP contribution in [0.5, 0.6) is 0 Å². The smallest absolute Gasteiger partial charge is 0.269 e. The quantitative estimate of drug-likeness (QED) is 0.449. The second-order valence-electron chi connectivity index (χ2n) is 5.66. The molecule has 0 aromatic heterocycles. The van der Waals surface area contributed by atoms with Crippen molar-refractivity contribution in [3.05, 3.63) is 35.4 Å². The number of rotatable bonds is 4. The Morgan fingerprint density at radius 1 is 1.19 bits per heavy atom. The zero-order chi connectivity index (χ0) is 15.9. The van der Waals surface area contributed by atoms with Crippen LogP contribution in [0.15, 0.2) is 24.3 Å². The molecule has 0 spiro atoms. The van der Waals surface area contributed by atoms with E-state index in [9.17, 15) is 4.79 Å². The number of carbonyl (C=O) groups excluding carboxylic acids is 1. The molecule has 3 N–H and O–H groups in total. The molecule has 1 aromatic rings. The summed E-state index contributed by atoms with van der Waals surface area (Å²) in [5, 5.41) is 3.25. The van der Waals surface area contributed by atoms with Gasteiger partial charge in [0.05, 0.1) is 6.61 Å². The highest BCUT2D eigenvalue weighted by Gasteiger charge is 2.14. The topological polar surface area (TPSA) is 62.4 Å². The van der Waals surface area contributed by atoms with Gasteiger partial charge in [-0.3, -0.25) is 15.6 Å². The van der Waals surface area contributed by atoms with Crippen LogP contribution in [-0.4, -0.2) is 31.3 Å². The van der Waals surface area contributed by atoms with Gasteiger partial charge in [-0.2, -0.15) is 0 Å². The number of ether oxygens (including phenoxy) is 1. The maximum atomic E-state index is 12.0. The monoisotopic (exact) mass is 309 g/mol. The maximum Gasteiger partial charge on any atom is 0.269 e. The van der Waals surface area contributed by atoms with Crippen molar-refractivity contribution in [1.29, 1.82) is 0 Å². The number of hydrogen-bond acceptors (Lipinski definition) is 3. The average molecular weight is 309 g/mol. The second kappa shape index (κ2) is 7.95. The third kappa shape index (κ3) is 6.10. The first-order valence-corrected chi connectivity index (χ1v) is 7.19. The zero-order valence-corrected chi connectivity index (χ0v) is 13.8. The van der Waals surface area contributed by atoms with E-state index in [4.69, 9.17) is 17.0 Å². The van der Waals surface area contributed by atoms with E-state index >= 15 is 0 Å². The molecule has 0 radical (unpaired) electrons. The van der Waals surface area contributed by atoms with E-state index in [0.717, 1.165) is 0 Å². The Morgan fingerprint density at radius 2 is 1.81 bits per heavy atom. The van der Waals surface area contributed by atoms with Gasteiger partial charge in [0.25, 0.3) is 5.91 Å². The summed E-state index contributed by atoms with van der Waals surface area (Å²) < 4.78 is 4.89. The van der Waals surface area contributed by atoms with Gasteiger partial charge in [-0.25, -0.2) is 0 Å². The van der Waals surface area contributed by atoms with Crippen molar-refractivity contribution >= 4 is 23.2 Å². The Hall–Kier alpha value is -1.66. The molecule has 1 aromatic carbocycles. The lowest BCUT2D eigenvalue weighted by Gasteiger charge is -2.19. The highest BCUT2D eigenvalue weighted by Crippen LogP contribution is 2.21. The minimum absolute atomic E-state index is 0.0695. The Morgan fingerprint density at radius 3 is 2.33 bits per heavy atom. The minimum atomic E-state index is -0.230. The molecule has 1 amide bonds. The molecule has 0 bridgehead atoms. The largest absolute Gasteiger partial charge is 0.383 e. The summed E-state index contributed by atoms with van der Waals surface area (Å²) in [5.41, 5.74) is 7.03. The van der Waals surface area contributed by atoms with Gasteiger partial charge in [-0.15, -0.1) is 0 Å². The molecule has 1 rings (SSSR count). The van der Waals surface area contributed by atoms with E-state index in [1.807, 2.05) is 12.1 Å². The normalized spacial score (nSPS) is 10.9. The first-order valence-electron chi connectivity index (χ1n) is 6.78. The summed E-state index contributed by atoms with van der Waals surface area (Å²) >= 11 is 5.01. The molecule has 0 fully saturated rings. The van der Waals surface area contributed by atoms with Crippen molar-refractivity contribution in [3.8, 4) is 0 Å². The Bertz CT molecular complexity index is 481. The van der Waals surface area contributed by atoms with Gasteiger partial charge in [0.15, 0.2) is 5.11 Å². The minimum Gasteiger partial charge on any atom is -0.383 e. The third-order valence-electron chi connectivity index (χ3n) is 2.89. The van der Waals surface area contributed by atoms with E-state index < -0.39 is 0 Å². The van der Waals surface area contributed by atoms with Crippen LogP contribution in [0.3, 0.4) is 0 Å². The van der Waals surface area contributed by atoms with Gasteiger partial charge < -0.3 is 10.1 Å². The van der Waals surface area contributed by atoms with Crippen LogP contribution in [-0.2, 0) is 10.2 Å². The molecule has 0 heterocycles. The van der Waals surface area contributed by atoms with Crippen molar-refractivity contribution in [3.63, 3.8) is 0 Å². The van der Waals surface area contributed by atoms with Gasteiger partial charge in [0.1, 0.15) is 0 Å². The van der Waals surface area contributed by atoms with Crippen molar-refractivity contribution in [2.45, 2.75) is 26.2 Å². The summed E-state index contributed by atoms with van der Waals surface area (Å²) in [6.45, 7) is 7.53. The van der Waals surface area contributed by atoms with Crippen LogP contribution in [0.4, 0.5) is 0 Å². The Labute approximate surface area is 131 Å². The van der Waals surface area contributed by atoms with Crippen LogP contribution >= 0.6 is 12.2 Å². The van der Waals surface area contributed by atoms with Crippen LogP contribution < -0.4 is 16.2 Å². The number of nitrogens with one attached hydrogen (secondary N) is 3. The lowest BCUT2D eigenvalue weighted by atomic mass is 9.87. The van der Waals surface area contributed by atoms with Crippen molar-refractivity contribution < 1.29 is 9.53 Å². The van der Waals surface area contributed by atoms with Crippen molar-refractivity contribution in [1.82, 2.24) is 16.2 Å². The van der Waals surface area contributed by atoms with E-state index in [0.29, 0.717) is 23.8 Å². The Balaban J connectivity index is 2.47. The molecule has 0 aliphatic rings. The number of hydrazine groups is 1. The van der Waals surface area contributed by atoms with Gasteiger partial charge in [0.2, 0.25) is 0 Å². The van der Waals surface area contributed by atoms with E-state index in [2.05, 4.69) is 36.9 Å². The van der Waals surface area contributed by atoms with Crippen LogP contribution in [0, 0.1) is 0 Å². The molecule has 0 atom stereocenters. The van der Waals surface area contributed by atoms with Gasteiger partial charge in [-0.05, 0) is 35.3 Å². The third-order valence-corrected chi connectivity index (χ3v) is 3.14. The predicted octanol–water partition coefficient (Wildman–Crippen LogP) is 1.74. The van der Waals surface area contributed by atoms with Crippen molar-refractivity contribution in [2.24, 2.45) is 0 Å². The summed E-state index contributed by atoms with van der Waals surface area (Å²) in [4.78, 5) is 12.0. The summed E-state index contributed by atoms with van der Waals surface area (Å²) in [6, 6.07) is 7.53. The van der Waals surface area contributed by atoms with Gasteiger partial charge in [-0.1, -0.05) is 32.9 Å². The molecule has 21 heavy (non-hydrogen) atoms. The number of thiocarbonyl (C=S) groups is 1. The molecule has 116 valence electrons. The average Bonchev–Trinajstić information content (AvgIpc) is 2.44. The molecule has 0 aliphatic heterocycles. The number of amides is 1. The first-order chi connectivity index (χ1) is 9.84. The number of benzene rings is 1. The maximum absolute atomic E-state index is 12.0. The van der Waals surface area contributed by atoms with Crippen LogP contribution in [0.2, 0.25) is 0 Å². The molecule has 6 heteroatoms. The summed E-state index contributed by atoms with van der Waals surface area (Å²) in [6.07, 6.45) is 0. The van der Waals surface area contributed by atoms with E-state index in [1.165, 1.54) is 5.56 Å². The lowest BCUT2D eigenvalue weighted by Crippen LogP contribution is -2.47. The van der Waals surface area contributed by atoms with Crippen molar-refractivity contribution in [2.75, 3.05) is 20.3 Å². The predicted molar refractivity (Wildman–Crippen MR) is 88.2 cm³/mol. The van der Waals surface area contributed by atoms with E-state index in [-0.39, 0.29) is 11.3 Å². The zero-order valence-electron chi connectivity index (χ0n) is 12.9. The molecular weight excluding hydrogens is 286 g/mol. The summed E-state index contributed by atoms with van der Waals surface area (Å²) in [5.74, 6) is -0.230. The van der Waals surface area contributed by atoms with E-state index in [1.54, 1.807) is 19.2 Å². The highest BCUT2D eigenvalue weighted by atomic mass is 32.1. The molecule has 0 saturated heterocycles. The molecule has 0 unspecified atom stereocenters. The fraction of sp³-hybridized carbons (Fsp3) is 0.467. The molecular formula is C15H23N3O2S. The highest BCUT2D eigenvalue weighted by molar-refractivity contribution is 7.80. The molecule has 0 aliphatic carbocycles. The Kier molecular flexibility index (Phi) is 6.58. The summed E-state index contributed by atoms with van der Waals surface area (Å²) in [7, 11) is 1.61. The van der Waals surface area contributed by atoms with Crippen LogP contribution in [0.1, 0.15) is 36.7 Å². The van der Waals surface area contributed by atoms with Gasteiger partial charge >= 0.3 is 0 Å². The number of hydrogen-bond donors (Lipinski definition) is 3. The molecule has 5 nitrogen and oxygen atoms in total. The fourth-order valence-corrected chi connectivity index (χ4v) is 1.77. The fourth-order valence-electron chi connectivity index (χ4n) is 1.62. The lowest BCUT2D eigenvalue weighted by molar-refractivity contribution is 0.0943. The second-order valence-corrected chi connectivity index (χ2v) is 6.06. The van der Waals surface area contributed by atoms with Gasteiger partial charge in [0, 0.05) is 19.2 Å². The molecule has 0 saturated carbocycles. The van der Waals surface area contributed by atoms with Crippen LogP contribution in [0.25, 0.3) is 0 Å². The number of methoxy groups -OCH3 is 1. The standard InChI is InChI=1S/C15H23N3O2S/c1-15(2,3)12-7-5-11(6-8-12)13(19)17-18-14(21)16-9-10-20-4/h5-8H,9-10H2,1-4H3,(H,17,19)(H2,16,18,21). The number of carbonyl (C=O) groups is 1. The SMILES string of the molecule is COCCNC(=S)NNC(=O)c1ccc(C(C)(C)C)cc1.